The van der Waals surface area contributed by atoms with E-state index >= 15 is 0 Å². The van der Waals surface area contributed by atoms with Crippen molar-refractivity contribution in [1.29, 1.82) is 0 Å². The van der Waals surface area contributed by atoms with Gasteiger partial charge in [-0.25, -0.2) is 17.9 Å². The van der Waals surface area contributed by atoms with Gasteiger partial charge >= 0.3 is 5.97 Å². The minimum absolute atomic E-state index is 0.0290. The number of rotatable bonds is 6. The maximum Gasteiger partial charge on any atom is 0.339 e. The summed E-state index contributed by atoms with van der Waals surface area (Å²) in [4.78, 5) is 21.2. The average molecular weight is 288 g/mol. The summed E-state index contributed by atoms with van der Waals surface area (Å²) in [6.45, 7) is -0.573. The summed E-state index contributed by atoms with van der Waals surface area (Å²) in [6.07, 6.45) is 0. The monoisotopic (exact) mass is 288 g/mol. The van der Waals surface area contributed by atoms with E-state index in [-0.39, 0.29) is 16.2 Å². The van der Waals surface area contributed by atoms with Crippen LogP contribution in [0.1, 0.15) is 10.4 Å². The summed E-state index contributed by atoms with van der Waals surface area (Å²) < 4.78 is 30.3. The molecule has 4 N–H and O–H groups in total. The number of carbonyl (C=O) groups excluding carboxylic acids is 1. The van der Waals surface area contributed by atoms with Gasteiger partial charge in [0, 0.05) is 0 Å². The van der Waals surface area contributed by atoms with Gasteiger partial charge in [0.1, 0.15) is 11.3 Å². The second-order valence-electron chi connectivity index (χ2n) is 3.46. The maximum atomic E-state index is 11.8. The highest BCUT2D eigenvalue weighted by atomic mass is 32.2. The third-order valence-corrected chi connectivity index (χ3v) is 3.55. The number of ether oxygens (including phenoxy) is 1. The van der Waals surface area contributed by atoms with E-state index in [0.717, 1.165) is 12.1 Å². The summed E-state index contributed by atoms with van der Waals surface area (Å²) >= 11 is 0. The van der Waals surface area contributed by atoms with Crippen LogP contribution in [0.4, 0.5) is 0 Å². The number of methoxy groups -OCH3 is 1. The van der Waals surface area contributed by atoms with Crippen molar-refractivity contribution >= 4 is 21.9 Å². The van der Waals surface area contributed by atoms with Crippen molar-refractivity contribution < 1.29 is 27.9 Å². The molecule has 0 unspecified atom stereocenters. The Bertz CT molecular complexity index is 610. The molecule has 1 aromatic rings. The zero-order valence-corrected chi connectivity index (χ0v) is 10.7. The van der Waals surface area contributed by atoms with Crippen LogP contribution in [0, 0.1) is 0 Å². The van der Waals surface area contributed by atoms with Crippen LogP contribution in [-0.2, 0) is 14.8 Å². The maximum absolute atomic E-state index is 11.8. The summed E-state index contributed by atoms with van der Waals surface area (Å²) in [7, 11) is -2.74. The van der Waals surface area contributed by atoms with E-state index in [2.05, 4.69) is 0 Å². The SMILES string of the molecule is COc1ccc(S(=O)(=O)NCC(N)=O)cc1C(=O)O. The fourth-order valence-corrected chi connectivity index (χ4v) is 2.29. The van der Waals surface area contributed by atoms with Crippen LogP contribution in [0.3, 0.4) is 0 Å². The first-order valence-electron chi connectivity index (χ1n) is 4.97. The number of nitrogens with one attached hydrogen (secondary N) is 1. The molecular weight excluding hydrogens is 276 g/mol. The Balaban J connectivity index is 3.18. The minimum Gasteiger partial charge on any atom is -0.496 e. The molecule has 0 aliphatic rings. The zero-order chi connectivity index (χ0) is 14.6. The second kappa shape index (κ2) is 5.67. The van der Waals surface area contributed by atoms with Crippen LogP contribution in [0.25, 0.3) is 0 Å². The lowest BCUT2D eigenvalue weighted by Crippen LogP contribution is -2.33. The molecule has 0 aromatic heterocycles. The number of carboxylic acids is 1. The number of amides is 1. The van der Waals surface area contributed by atoms with Crippen LogP contribution >= 0.6 is 0 Å². The molecule has 1 aromatic carbocycles. The molecule has 0 aliphatic heterocycles. The van der Waals surface area contributed by atoms with Gasteiger partial charge in [0.2, 0.25) is 15.9 Å². The Labute approximate surface area is 109 Å². The smallest absolute Gasteiger partial charge is 0.339 e. The number of aromatic carboxylic acids is 1. The van der Waals surface area contributed by atoms with Crippen molar-refractivity contribution in [3.05, 3.63) is 23.8 Å². The highest BCUT2D eigenvalue weighted by Gasteiger charge is 2.19. The molecule has 1 rings (SSSR count). The molecule has 0 fully saturated rings. The lowest BCUT2D eigenvalue weighted by atomic mass is 10.2. The lowest BCUT2D eigenvalue weighted by molar-refractivity contribution is -0.116. The van der Waals surface area contributed by atoms with Gasteiger partial charge in [-0.3, -0.25) is 4.79 Å². The first-order chi connectivity index (χ1) is 8.77. The second-order valence-corrected chi connectivity index (χ2v) is 5.23. The summed E-state index contributed by atoms with van der Waals surface area (Å²) in [5, 5.41) is 8.94. The number of hydrogen-bond donors (Lipinski definition) is 3. The Morgan fingerprint density at radius 3 is 2.53 bits per heavy atom. The number of carboxylic acid groups (broad SMARTS) is 1. The van der Waals surface area contributed by atoms with E-state index in [1.807, 2.05) is 4.72 Å². The molecule has 1 amide bonds. The predicted octanol–water partition coefficient (Wildman–Crippen LogP) is -0.843. The van der Waals surface area contributed by atoms with Crippen molar-refractivity contribution in [2.45, 2.75) is 4.90 Å². The number of hydrogen-bond acceptors (Lipinski definition) is 5. The number of sulfonamides is 1. The first-order valence-corrected chi connectivity index (χ1v) is 6.45. The first kappa shape index (κ1) is 14.9. The van der Waals surface area contributed by atoms with Crippen LogP contribution in [0.15, 0.2) is 23.1 Å². The highest BCUT2D eigenvalue weighted by molar-refractivity contribution is 7.89. The molecular formula is C10H12N2O6S. The molecule has 8 nitrogen and oxygen atoms in total. The standard InChI is InChI=1S/C10H12N2O6S/c1-18-8-3-2-6(4-7(8)10(14)15)19(16,17)12-5-9(11)13/h2-4,12H,5H2,1H3,(H2,11,13)(H,14,15). The highest BCUT2D eigenvalue weighted by Crippen LogP contribution is 2.22. The Kier molecular flexibility index (Phi) is 4.46. The van der Waals surface area contributed by atoms with Gasteiger partial charge in [0.05, 0.1) is 18.6 Å². The van der Waals surface area contributed by atoms with Crippen molar-refractivity contribution in [3.8, 4) is 5.75 Å². The summed E-state index contributed by atoms with van der Waals surface area (Å²) in [5.41, 5.74) is 4.52. The van der Waals surface area contributed by atoms with E-state index in [1.165, 1.54) is 13.2 Å². The molecule has 9 heteroatoms. The van der Waals surface area contributed by atoms with Gasteiger partial charge in [-0.05, 0) is 18.2 Å². The van der Waals surface area contributed by atoms with Gasteiger partial charge in [-0.2, -0.15) is 0 Å². The molecule has 0 radical (unpaired) electrons. The zero-order valence-electron chi connectivity index (χ0n) is 9.91. The third-order valence-electron chi connectivity index (χ3n) is 2.15. The lowest BCUT2D eigenvalue weighted by Gasteiger charge is -2.08. The quantitative estimate of drug-likeness (QED) is 0.624. The van der Waals surface area contributed by atoms with Gasteiger partial charge in [-0.15, -0.1) is 0 Å². The van der Waals surface area contributed by atoms with Crippen molar-refractivity contribution in [2.75, 3.05) is 13.7 Å². The van der Waals surface area contributed by atoms with E-state index in [0.29, 0.717) is 0 Å². The Morgan fingerprint density at radius 2 is 2.05 bits per heavy atom. The Morgan fingerprint density at radius 1 is 1.42 bits per heavy atom. The molecule has 0 saturated carbocycles. The van der Waals surface area contributed by atoms with Crippen LogP contribution < -0.4 is 15.2 Å². The van der Waals surface area contributed by atoms with Crippen molar-refractivity contribution in [2.24, 2.45) is 5.73 Å². The van der Waals surface area contributed by atoms with Gasteiger partial charge < -0.3 is 15.6 Å². The van der Waals surface area contributed by atoms with Gasteiger partial charge in [0.15, 0.2) is 0 Å². The summed E-state index contributed by atoms with van der Waals surface area (Å²) in [5.74, 6) is -2.15. The Hall–Kier alpha value is -2.13. The van der Waals surface area contributed by atoms with Crippen LogP contribution in [0.5, 0.6) is 5.75 Å². The predicted molar refractivity (Wildman–Crippen MR) is 64.3 cm³/mol. The molecule has 0 bridgehead atoms. The number of nitrogens with two attached hydrogens (primary N) is 1. The molecule has 0 heterocycles. The topological polar surface area (TPSA) is 136 Å². The molecule has 0 atom stereocenters. The number of primary amides is 1. The number of carbonyl (C=O) groups is 2. The normalized spacial score (nSPS) is 11.0. The van der Waals surface area contributed by atoms with Crippen LogP contribution in [-0.4, -0.2) is 39.1 Å². The summed E-state index contributed by atoms with van der Waals surface area (Å²) in [6, 6.07) is 3.31. The van der Waals surface area contributed by atoms with E-state index in [1.54, 1.807) is 0 Å². The third kappa shape index (κ3) is 3.66. The van der Waals surface area contributed by atoms with E-state index in [9.17, 15) is 18.0 Å². The van der Waals surface area contributed by atoms with Gasteiger partial charge in [-0.1, -0.05) is 0 Å². The fourth-order valence-electron chi connectivity index (χ4n) is 1.27. The fraction of sp³-hybridized carbons (Fsp3) is 0.200. The number of benzene rings is 1. The largest absolute Gasteiger partial charge is 0.496 e. The van der Waals surface area contributed by atoms with Gasteiger partial charge in [0.25, 0.3) is 0 Å². The van der Waals surface area contributed by atoms with E-state index < -0.39 is 28.4 Å². The van der Waals surface area contributed by atoms with Crippen molar-refractivity contribution in [3.63, 3.8) is 0 Å². The average Bonchev–Trinajstić information content (AvgIpc) is 2.35. The molecule has 0 spiro atoms. The van der Waals surface area contributed by atoms with E-state index in [4.69, 9.17) is 15.6 Å². The van der Waals surface area contributed by atoms with Crippen LogP contribution in [0.2, 0.25) is 0 Å². The molecule has 0 aliphatic carbocycles. The molecule has 0 saturated heterocycles. The van der Waals surface area contributed by atoms with Crippen molar-refractivity contribution in [1.82, 2.24) is 4.72 Å². The molecule has 19 heavy (non-hydrogen) atoms. The minimum atomic E-state index is -4.01. The molecule has 104 valence electrons.